The molecule has 3 saturated carbocycles. The average Bonchev–Trinajstić information content (AvgIpc) is 3.28. The first-order valence-electron chi connectivity index (χ1n) is 13.5. The standard InChI is InChI=1S/C9H8N2O3.3C6H11.Sn/c1-13-7-4-2-6(3-5-7)8-10-11-9(12)14-8;3*1-2-4-6-5-3-1;/h2-5H,1H3,(H,11,12);3*1H,2-6H2;/q;;;;+1/p-1. The van der Waals surface area contributed by atoms with Crippen molar-refractivity contribution in [2.45, 2.75) is 108 Å². The Morgan fingerprint density at radius 3 is 1.67 bits per heavy atom. The van der Waals surface area contributed by atoms with Gasteiger partial charge in [0.15, 0.2) is 0 Å². The predicted molar refractivity (Wildman–Crippen MR) is 134 cm³/mol. The van der Waals surface area contributed by atoms with E-state index in [0.717, 1.165) is 23.1 Å². The molecule has 0 atom stereocenters. The van der Waals surface area contributed by atoms with Crippen LogP contribution in [0.5, 0.6) is 5.75 Å². The van der Waals surface area contributed by atoms with Gasteiger partial charge in [0.05, 0.1) is 0 Å². The van der Waals surface area contributed by atoms with Crippen LogP contribution in [0.3, 0.4) is 0 Å². The van der Waals surface area contributed by atoms with E-state index >= 15 is 0 Å². The first-order valence-corrected chi connectivity index (χ1v) is 19.7. The van der Waals surface area contributed by atoms with Gasteiger partial charge in [-0.3, -0.25) is 0 Å². The molecule has 0 spiro atoms. The molecule has 6 heteroatoms. The number of hydrogen-bond donors (Lipinski definition) is 0. The molecule has 1 heterocycles. The second-order valence-corrected chi connectivity index (χ2v) is 24.0. The fourth-order valence-corrected chi connectivity index (χ4v) is 29.5. The minimum absolute atomic E-state index is 0.154. The number of ether oxygens (including phenoxy) is 1. The van der Waals surface area contributed by atoms with Crippen molar-refractivity contribution in [2.75, 3.05) is 7.11 Å². The molecule has 33 heavy (non-hydrogen) atoms. The molecule has 2 aromatic rings. The summed E-state index contributed by atoms with van der Waals surface area (Å²) in [5.41, 5.74) is 0.878. The first-order chi connectivity index (χ1) is 16.2. The SMILES string of the molecule is COc1ccc(-c2n[n]([Sn]([CH]3CCCCC3)([CH]3CCCCC3)[CH]3CCCCC3)c(=O)o2)cc1. The van der Waals surface area contributed by atoms with Crippen LogP contribution in [-0.4, -0.2) is 33.8 Å². The van der Waals surface area contributed by atoms with Crippen molar-refractivity contribution in [1.29, 1.82) is 0 Å². The van der Waals surface area contributed by atoms with Gasteiger partial charge in [0.2, 0.25) is 0 Å². The number of nitrogens with zero attached hydrogens (tertiary/aromatic N) is 2. The van der Waals surface area contributed by atoms with Gasteiger partial charge in [0, 0.05) is 0 Å². The van der Waals surface area contributed by atoms with E-state index in [1.54, 1.807) is 7.11 Å². The fourth-order valence-electron chi connectivity index (χ4n) is 7.59. The van der Waals surface area contributed by atoms with Crippen molar-refractivity contribution in [1.82, 2.24) is 8.00 Å². The average molecular weight is 559 g/mol. The molecule has 0 saturated heterocycles. The van der Waals surface area contributed by atoms with Gasteiger partial charge in [-0.1, -0.05) is 0 Å². The van der Waals surface area contributed by atoms with Crippen LogP contribution in [0, 0.1) is 0 Å². The Labute approximate surface area is 202 Å². The third-order valence-electron chi connectivity index (χ3n) is 9.03. The van der Waals surface area contributed by atoms with Crippen LogP contribution >= 0.6 is 0 Å². The van der Waals surface area contributed by atoms with Gasteiger partial charge >= 0.3 is 203 Å². The monoisotopic (exact) mass is 560 g/mol. The zero-order valence-electron chi connectivity index (χ0n) is 20.3. The minimum atomic E-state index is -3.33. The van der Waals surface area contributed by atoms with E-state index in [9.17, 15) is 4.79 Å². The van der Waals surface area contributed by atoms with Gasteiger partial charge in [-0.15, -0.1) is 0 Å². The molecule has 0 aliphatic heterocycles. The molecule has 0 amide bonds. The molecule has 180 valence electrons. The molecule has 5 nitrogen and oxygen atoms in total. The second-order valence-electron chi connectivity index (χ2n) is 10.7. The Balaban J connectivity index is 1.64. The molecule has 1 aromatic carbocycles. The maximum absolute atomic E-state index is 13.7. The van der Waals surface area contributed by atoms with Crippen LogP contribution in [-0.2, 0) is 0 Å². The van der Waals surface area contributed by atoms with Crippen molar-refractivity contribution < 1.29 is 9.15 Å². The maximum atomic E-state index is 13.7. The summed E-state index contributed by atoms with van der Waals surface area (Å²) < 4.78 is 15.6. The first kappa shape index (κ1) is 23.5. The van der Waals surface area contributed by atoms with Crippen LogP contribution in [0.25, 0.3) is 11.5 Å². The number of methoxy groups -OCH3 is 1. The van der Waals surface area contributed by atoms with E-state index in [2.05, 4.69) is 2.90 Å². The molecule has 0 unspecified atom stereocenters. The summed E-state index contributed by atoms with van der Waals surface area (Å²) in [6, 6.07) is 7.78. The Morgan fingerprint density at radius 1 is 0.788 bits per heavy atom. The molecule has 3 aliphatic rings. The molecule has 0 N–H and O–H groups in total. The Hall–Kier alpha value is -1.24. The van der Waals surface area contributed by atoms with Crippen LogP contribution in [0.1, 0.15) is 96.3 Å². The summed E-state index contributed by atoms with van der Waals surface area (Å²) in [7, 11) is 1.67. The quantitative estimate of drug-likeness (QED) is 0.349. The number of aromatic nitrogens is 2. The van der Waals surface area contributed by atoms with E-state index in [-0.39, 0.29) is 5.76 Å². The van der Waals surface area contributed by atoms with Gasteiger partial charge in [-0.2, -0.15) is 0 Å². The summed E-state index contributed by atoms with van der Waals surface area (Å²) in [5, 5.41) is 5.12. The van der Waals surface area contributed by atoms with Gasteiger partial charge in [-0.05, 0) is 0 Å². The molecule has 5 rings (SSSR count). The van der Waals surface area contributed by atoms with E-state index in [1.165, 1.54) is 96.3 Å². The number of hydrogen-bond acceptors (Lipinski definition) is 4. The van der Waals surface area contributed by atoms with E-state index in [0.29, 0.717) is 5.89 Å². The molecule has 1 aromatic heterocycles. The number of rotatable bonds is 6. The van der Waals surface area contributed by atoms with Crippen LogP contribution in [0.4, 0.5) is 0 Å². The van der Waals surface area contributed by atoms with Crippen molar-refractivity contribution >= 4 is 18.7 Å². The Morgan fingerprint density at radius 2 is 1.24 bits per heavy atom. The Kier molecular flexibility index (Phi) is 7.53. The topological polar surface area (TPSA) is 57.3 Å². The van der Waals surface area contributed by atoms with Gasteiger partial charge in [-0.25, -0.2) is 0 Å². The van der Waals surface area contributed by atoms with Crippen molar-refractivity contribution in [3.63, 3.8) is 0 Å². The molecular weight excluding hydrogens is 519 g/mol. The third kappa shape index (κ3) is 4.55. The van der Waals surface area contributed by atoms with Crippen molar-refractivity contribution in [3.8, 4) is 17.2 Å². The van der Waals surface area contributed by atoms with Crippen molar-refractivity contribution in [2.24, 2.45) is 0 Å². The number of benzene rings is 1. The summed E-state index contributed by atoms with van der Waals surface area (Å²) in [5.74, 6) is 1.16. The summed E-state index contributed by atoms with van der Waals surface area (Å²) in [6.07, 6.45) is 20.0. The summed E-state index contributed by atoms with van der Waals surface area (Å²) in [4.78, 5) is 13.7. The predicted octanol–water partition coefficient (Wildman–Crippen LogP) is 7.31. The van der Waals surface area contributed by atoms with E-state index in [1.807, 2.05) is 24.3 Å². The van der Waals surface area contributed by atoms with E-state index < -0.39 is 18.7 Å². The molecule has 0 radical (unpaired) electrons. The molecule has 3 fully saturated rings. The molecular formula is C27H40N2O3Sn. The van der Waals surface area contributed by atoms with Crippen LogP contribution in [0.2, 0.25) is 11.8 Å². The summed E-state index contributed by atoms with van der Waals surface area (Å²) >= 11 is -3.33. The normalized spacial score (nSPS) is 21.8. The fraction of sp³-hybridized carbons (Fsp3) is 0.704. The summed E-state index contributed by atoms with van der Waals surface area (Å²) in [6.45, 7) is 0. The third-order valence-corrected chi connectivity index (χ3v) is 28.1. The van der Waals surface area contributed by atoms with Crippen LogP contribution < -0.4 is 10.5 Å². The van der Waals surface area contributed by atoms with E-state index in [4.69, 9.17) is 14.3 Å². The molecule has 3 aliphatic carbocycles. The zero-order chi connectivity index (χ0) is 22.7. The second kappa shape index (κ2) is 10.6. The molecule has 0 bridgehead atoms. The van der Waals surface area contributed by atoms with Gasteiger partial charge in [0.25, 0.3) is 0 Å². The Bertz CT molecular complexity index is 903. The van der Waals surface area contributed by atoms with Crippen molar-refractivity contribution in [3.05, 3.63) is 34.8 Å². The van der Waals surface area contributed by atoms with Gasteiger partial charge in [0.1, 0.15) is 0 Å². The zero-order valence-corrected chi connectivity index (χ0v) is 23.1. The van der Waals surface area contributed by atoms with Crippen LogP contribution in [0.15, 0.2) is 33.5 Å². The van der Waals surface area contributed by atoms with Gasteiger partial charge < -0.3 is 0 Å².